The van der Waals surface area contributed by atoms with Crippen LogP contribution in [0.2, 0.25) is 0 Å². The first-order chi connectivity index (χ1) is 11.2. The van der Waals surface area contributed by atoms with Crippen LogP contribution in [0.3, 0.4) is 0 Å². The van der Waals surface area contributed by atoms with Crippen molar-refractivity contribution in [2.75, 3.05) is 20.2 Å². The Labute approximate surface area is 136 Å². The summed E-state index contributed by atoms with van der Waals surface area (Å²) in [6.07, 6.45) is 5.51. The van der Waals surface area contributed by atoms with Gasteiger partial charge in [0.05, 0.1) is 24.7 Å². The fourth-order valence-electron chi connectivity index (χ4n) is 2.99. The van der Waals surface area contributed by atoms with E-state index in [1.54, 1.807) is 20.2 Å². The molecule has 0 radical (unpaired) electrons. The molecule has 1 amide bonds. The van der Waals surface area contributed by atoms with Gasteiger partial charge in [0.25, 0.3) is 0 Å². The lowest BCUT2D eigenvalue weighted by atomic mass is 9.93. The molecular weight excluding hydrogens is 290 g/mol. The van der Waals surface area contributed by atoms with E-state index < -0.39 is 0 Å². The van der Waals surface area contributed by atoms with Crippen LogP contribution in [0.25, 0.3) is 11.3 Å². The minimum atomic E-state index is 0.152. The maximum absolute atomic E-state index is 11.4. The predicted molar refractivity (Wildman–Crippen MR) is 88.2 cm³/mol. The maximum Gasteiger partial charge on any atom is 0.219 e. The quantitative estimate of drug-likeness (QED) is 0.874. The van der Waals surface area contributed by atoms with Crippen LogP contribution in [0.15, 0.2) is 36.7 Å². The van der Waals surface area contributed by atoms with Crippen molar-refractivity contribution in [2.45, 2.75) is 25.7 Å². The fraction of sp³-hybridized carbons (Fsp3) is 0.389. The highest BCUT2D eigenvalue weighted by Gasteiger charge is 2.23. The summed E-state index contributed by atoms with van der Waals surface area (Å²) in [5.41, 5.74) is 2.86. The Kier molecular flexibility index (Phi) is 4.55. The first-order valence-corrected chi connectivity index (χ1v) is 7.89. The van der Waals surface area contributed by atoms with Crippen LogP contribution < -0.4 is 4.74 Å². The second kappa shape index (κ2) is 6.77. The number of likely N-dealkylation sites (tertiary alicyclic amines) is 1. The lowest BCUT2D eigenvalue weighted by molar-refractivity contribution is -0.129. The smallest absolute Gasteiger partial charge is 0.219 e. The highest BCUT2D eigenvalue weighted by atomic mass is 16.5. The number of methoxy groups -OCH3 is 1. The van der Waals surface area contributed by atoms with Crippen molar-refractivity contribution in [3.8, 4) is 17.0 Å². The van der Waals surface area contributed by atoms with Gasteiger partial charge in [-0.05, 0) is 25.0 Å². The van der Waals surface area contributed by atoms with Crippen LogP contribution in [-0.4, -0.2) is 41.0 Å². The molecule has 0 atom stereocenters. The lowest BCUT2D eigenvalue weighted by Crippen LogP contribution is -2.36. The number of hydrogen-bond donors (Lipinski definition) is 0. The van der Waals surface area contributed by atoms with E-state index in [0.717, 1.165) is 48.6 Å². The van der Waals surface area contributed by atoms with Crippen molar-refractivity contribution in [1.82, 2.24) is 14.9 Å². The van der Waals surface area contributed by atoms with Crippen LogP contribution in [0.1, 0.15) is 31.4 Å². The zero-order valence-electron chi connectivity index (χ0n) is 13.5. The molecule has 23 heavy (non-hydrogen) atoms. The zero-order valence-corrected chi connectivity index (χ0v) is 13.5. The Morgan fingerprint density at radius 2 is 2.04 bits per heavy atom. The van der Waals surface area contributed by atoms with Crippen LogP contribution in [-0.2, 0) is 4.79 Å². The van der Waals surface area contributed by atoms with Gasteiger partial charge >= 0.3 is 0 Å². The molecule has 2 heterocycles. The Balaban J connectivity index is 1.79. The number of aromatic nitrogens is 2. The normalized spacial score (nSPS) is 15.5. The van der Waals surface area contributed by atoms with E-state index >= 15 is 0 Å². The summed E-state index contributed by atoms with van der Waals surface area (Å²) in [5.74, 6) is 1.33. The SMILES string of the molecule is COc1cccc(-c2cncc(C3CCN(C(C)=O)CC3)n2)c1. The number of benzene rings is 1. The van der Waals surface area contributed by atoms with Gasteiger partial charge in [-0.1, -0.05) is 12.1 Å². The maximum atomic E-state index is 11.4. The molecule has 3 rings (SSSR count). The van der Waals surface area contributed by atoms with Gasteiger partial charge in [0.2, 0.25) is 5.91 Å². The molecule has 5 nitrogen and oxygen atoms in total. The third-order valence-corrected chi connectivity index (χ3v) is 4.38. The summed E-state index contributed by atoms with van der Waals surface area (Å²) in [5, 5.41) is 0. The molecule has 0 aliphatic carbocycles. The number of nitrogens with zero attached hydrogens (tertiary/aromatic N) is 3. The molecule has 2 aromatic rings. The number of piperidine rings is 1. The average molecular weight is 311 g/mol. The number of carbonyl (C=O) groups excluding carboxylic acids is 1. The topological polar surface area (TPSA) is 55.3 Å². The first kappa shape index (κ1) is 15.5. The third kappa shape index (κ3) is 3.50. The second-order valence-electron chi connectivity index (χ2n) is 5.84. The number of amides is 1. The Bertz CT molecular complexity index is 694. The minimum Gasteiger partial charge on any atom is -0.497 e. The van der Waals surface area contributed by atoms with E-state index in [-0.39, 0.29) is 5.91 Å². The number of carbonyl (C=O) groups is 1. The number of rotatable bonds is 3. The van der Waals surface area contributed by atoms with Gasteiger partial charge in [-0.3, -0.25) is 9.78 Å². The predicted octanol–water partition coefficient (Wildman–Crippen LogP) is 2.88. The summed E-state index contributed by atoms with van der Waals surface area (Å²) in [7, 11) is 1.66. The molecule has 1 fully saturated rings. The van der Waals surface area contributed by atoms with Crippen LogP contribution in [0.4, 0.5) is 0 Å². The van der Waals surface area contributed by atoms with Crippen molar-refractivity contribution in [3.05, 3.63) is 42.4 Å². The van der Waals surface area contributed by atoms with E-state index in [1.165, 1.54) is 0 Å². The van der Waals surface area contributed by atoms with E-state index in [4.69, 9.17) is 9.72 Å². The molecule has 1 aromatic carbocycles. The largest absolute Gasteiger partial charge is 0.497 e. The molecule has 1 aliphatic heterocycles. The molecule has 5 heteroatoms. The van der Waals surface area contributed by atoms with Crippen molar-refractivity contribution in [2.24, 2.45) is 0 Å². The summed E-state index contributed by atoms with van der Waals surface area (Å²) in [4.78, 5) is 22.5. The van der Waals surface area contributed by atoms with Crippen LogP contribution in [0, 0.1) is 0 Å². The molecule has 0 saturated carbocycles. The minimum absolute atomic E-state index is 0.152. The standard InChI is InChI=1S/C18H21N3O2/c1-13(22)21-8-6-14(7-9-21)17-11-19-12-18(20-17)15-4-3-5-16(10-15)23-2/h3-5,10-12,14H,6-9H2,1-2H3. The van der Waals surface area contributed by atoms with E-state index in [9.17, 15) is 4.79 Å². The molecular formula is C18H21N3O2. The Morgan fingerprint density at radius 3 is 2.74 bits per heavy atom. The van der Waals surface area contributed by atoms with Gasteiger partial charge in [0, 0.05) is 37.7 Å². The van der Waals surface area contributed by atoms with Crippen LogP contribution >= 0.6 is 0 Å². The monoisotopic (exact) mass is 311 g/mol. The molecule has 0 bridgehead atoms. The molecule has 0 spiro atoms. The summed E-state index contributed by atoms with van der Waals surface area (Å²) in [6, 6.07) is 7.84. The van der Waals surface area contributed by atoms with Crippen molar-refractivity contribution < 1.29 is 9.53 Å². The average Bonchev–Trinajstić information content (AvgIpc) is 2.62. The van der Waals surface area contributed by atoms with Crippen molar-refractivity contribution in [3.63, 3.8) is 0 Å². The van der Waals surface area contributed by atoms with E-state index in [1.807, 2.05) is 35.4 Å². The zero-order chi connectivity index (χ0) is 16.2. The molecule has 0 N–H and O–H groups in total. The summed E-state index contributed by atoms with van der Waals surface area (Å²) in [6.45, 7) is 3.22. The van der Waals surface area contributed by atoms with Gasteiger partial charge in [0.1, 0.15) is 5.75 Å². The third-order valence-electron chi connectivity index (χ3n) is 4.38. The summed E-state index contributed by atoms with van der Waals surface area (Å²) < 4.78 is 5.27. The molecule has 1 saturated heterocycles. The molecule has 120 valence electrons. The van der Waals surface area contributed by atoms with E-state index in [2.05, 4.69) is 4.98 Å². The molecule has 1 aromatic heterocycles. The highest BCUT2D eigenvalue weighted by Crippen LogP contribution is 2.28. The van der Waals surface area contributed by atoms with E-state index in [0.29, 0.717) is 5.92 Å². The Hall–Kier alpha value is -2.43. The Morgan fingerprint density at radius 1 is 1.26 bits per heavy atom. The summed E-state index contributed by atoms with van der Waals surface area (Å²) >= 11 is 0. The van der Waals surface area contributed by atoms with Gasteiger partial charge in [-0.2, -0.15) is 0 Å². The fourth-order valence-corrected chi connectivity index (χ4v) is 2.99. The van der Waals surface area contributed by atoms with Gasteiger partial charge in [-0.15, -0.1) is 0 Å². The second-order valence-corrected chi connectivity index (χ2v) is 5.84. The van der Waals surface area contributed by atoms with Crippen LogP contribution in [0.5, 0.6) is 5.75 Å². The van der Waals surface area contributed by atoms with Gasteiger partial charge < -0.3 is 9.64 Å². The van der Waals surface area contributed by atoms with Crippen molar-refractivity contribution in [1.29, 1.82) is 0 Å². The van der Waals surface area contributed by atoms with Gasteiger partial charge in [-0.25, -0.2) is 4.98 Å². The number of hydrogen-bond acceptors (Lipinski definition) is 4. The van der Waals surface area contributed by atoms with Gasteiger partial charge in [0.15, 0.2) is 0 Å². The number of ether oxygens (including phenoxy) is 1. The first-order valence-electron chi connectivity index (χ1n) is 7.89. The lowest BCUT2D eigenvalue weighted by Gasteiger charge is -2.30. The molecule has 1 aliphatic rings. The van der Waals surface area contributed by atoms with Crippen molar-refractivity contribution >= 4 is 5.91 Å². The highest BCUT2D eigenvalue weighted by molar-refractivity contribution is 5.73. The molecule has 0 unspecified atom stereocenters.